The van der Waals surface area contributed by atoms with Gasteiger partial charge in [-0.25, -0.2) is 0 Å². The van der Waals surface area contributed by atoms with Gasteiger partial charge in [0.2, 0.25) is 0 Å². The van der Waals surface area contributed by atoms with Gasteiger partial charge in [-0.3, -0.25) is 9.69 Å². The quantitative estimate of drug-likeness (QED) is 0.658. The summed E-state index contributed by atoms with van der Waals surface area (Å²) >= 11 is 0. The van der Waals surface area contributed by atoms with Crippen LogP contribution in [0, 0.1) is 5.41 Å². The molecule has 2 aliphatic carbocycles. The van der Waals surface area contributed by atoms with Crippen LogP contribution in [0.5, 0.6) is 0 Å². The van der Waals surface area contributed by atoms with E-state index in [2.05, 4.69) is 4.90 Å². The van der Waals surface area contributed by atoms with Crippen LogP contribution >= 0.6 is 0 Å². The highest BCUT2D eigenvalue weighted by molar-refractivity contribution is 5.80. The molecule has 3 fully saturated rings. The first-order valence-corrected chi connectivity index (χ1v) is 6.56. The number of rotatable bonds is 1. The van der Waals surface area contributed by atoms with Gasteiger partial charge in [0.1, 0.15) is 5.78 Å². The van der Waals surface area contributed by atoms with E-state index in [9.17, 15) is 4.79 Å². The summed E-state index contributed by atoms with van der Waals surface area (Å²) in [7, 11) is 0. The fourth-order valence-corrected chi connectivity index (χ4v) is 3.92. The van der Waals surface area contributed by atoms with Crippen molar-refractivity contribution in [2.24, 2.45) is 5.41 Å². The Morgan fingerprint density at radius 1 is 1.07 bits per heavy atom. The van der Waals surface area contributed by atoms with Crippen LogP contribution in [0.25, 0.3) is 0 Å². The first-order chi connectivity index (χ1) is 7.30. The molecule has 0 bridgehead atoms. The molecule has 1 atom stereocenters. The Kier molecular flexibility index (Phi) is 2.35. The second-order valence-electron chi connectivity index (χ2n) is 5.72. The maximum Gasteiger partial charge on any atom is 0.134 e. The van der Waals surface area contributed by atoms with Gasteiger partial charge in [-0.15, -0.1) is 0 Å². The van der Waals surface area contributed by atoms with Gasteiger partial charge in [0.05, 0.1) is 0 Å². The molecule has 3 aliphatic rings. The third-order valence-corrected chi connectivity index (χ3v) is 4.96. The van der Waals surface area contributed by atoms with E-state index in [0.29, 0.717) is 17.2 Å². The summed E-state index contributed by atoms with van der Waals surface area (Å²) in [6, 6.07) is 0.620. The normalized spacial score (nSPS) is 35.7. The van der Waals surface area contributed by atoms with Gasteiger partial charge in [0, 0.05) is 18.9 Å². The van der Waals surface area contributed by atoms with E-state index in [1.54, 1.807) is 0 Å². The van der Waals surface area contributed by atoms with E-state index in [1.807, 2.05) is 0 Å². The monoisotopic (exact) mass is 207 g/mol. The molecule has 0 aromatic heterocycles. The summed E-state index contributed by atoms with van der Waals surface area (Å²) in [5.74, 6) is 0.518. The smallest absolute Gasteiger partial charge is 0.134 e. The molecule has 0 radical (unpaired) electrons. The average molecular weight is 207 g/mol. The number of likely N-dealkylation sites (tertiary alicyclic amines) is 1. The van der Waals surface area contributed by atoms with E-state index in [-0.39, 0.29) is 0 Å². The predicted octanol–water partition coefficient (Wildman–Crippen LogP) is 2.37. The van der Waals surface area contributed by atoms with Crippen LogP contribution in [0.4, 0.5) is 0 Å². The zero-order valence-corrected chi connectivity index (χ0v) is 9.50. The van der Waals surface area contributed by atoms with Crippen LogP contribution in [-0.4, -0.2) is 29.8 Å². The molecule has 1 heterocycles. The lowest BCUT2D eigenvalue weighted by Crippen LogP contribution is -2.55. The summed E-state index contributed by atoms with van der Waals surface area (Å²) in [5.41, 5.74) is 0.550. The first-order valence-electron chi connectivity index (χ1n) is 6.56. The molecule has 1 aliphatic heterocycles. The van der Waals surface area contributed by atoms with Crippen LogP contribution in [0.2, 0.25) is 0 Å². The van der Waals surface area contributed by atoms with Crippen LogP contribution < -0.4 is 0 Å². The Labute approximate surface area is 92.0 Å². The standard InChI is InChI=1S/C13H21NO/c15-11-4-7-13(5-1-2-6-13)12(10-11)14-8-3-9-14/h12H,1-10H2. The molecule has 0 amide bonds. The van der Waals surface area contributed by atoms with Gasteiger partial charge in [0.15, 0.2) is 0 Å². The van der Waals surface area contributed by atoms with Crippen molar-refractivity contribution in [2.75, 3.05) is 13.1 Å². The molecule has 2 nitrogen and oxygen atoms in total. The summed E-state index contributed by atoms with van der Waals surface area (Å²) in [5, 5.41) is 0. The van der Waals surface area contributed by atoms with Crippen molar-refractivity contribution in [3.63, 3.8) is 0 Å². The van der Waals surface area contributed by atoms with E-state index >= 15 is 0 Å². The molecular formula is C13H21NO. The minimum absolute atomic E-state index is 0.518. The van der Waals surface area contributed by atoms with Gasteiger partial charge in [0.25, 0.3) is 0 Å². The number of Topliss-reactive ketones (excluding diaryl/α,β-unsaturated/α-hetero) is 1. The molecule has 2 heteroatoms. The van der Waals surface area contributed by atoms with Gasteiger partial charge in [-0.05, 0) is 44.2 Å². The highest BCUT2D eigenvalue weighted by atomic mass is 16.1. The lowest BCUT2D eigenvalue weighted by molar-refractivity contribution is -0.127. The minimum atomic E-state index is 0.518. The zero-order valence-electron chi connectivity index (χ0n) is 9.50. The molecule has 1 saturated heterocycles. The molecule has 2 saturated carbocycles. The van der Waals surface area contributed by atoms with Gasteiger partial charge >= 0.3 is 0 Å². The summed E-state index contributed by atoms with van der Waals surface area (Å²) in [6.07, 6.45) is 9.85. The lowest BCUT2D eigenvalue weighted by atomic mass is 9.67. The molecule has 15 heavy (non-hydrogen) atoms. The van der Waals surface area contributed by atoms with Gasteiger partial charge in [-0.2, -0.15) is 0 Å². The third-order valence-electron chi connectivity index (χ3n) is 4.96. The van der Waals surface area contributed by atoms with Crippen LogP contribution in [0.15, 0.2) is 0 Å². The van der Waals surface area contributed by atoms with Gasteiger partial charge < -0.3 is 0 Å². The molecule has 3 rings (SSSR count). The average Bonchev–Trinajstić information content (AvgIpc) is 2.59. The zero-order chi connectivity index (χ0) is 10.3. The fraction of sp³-hybridized carbons (Fsp3) is 0.923. The van der Waals surface area contributed by atoms with E-state index < -0.39 is 0 Å². The van der Waals surface area contributed by atoms with Crippen molar-refractivity contribution in [3.05, 3.63) is 0 Å². The highest BCUT2D eigenvalue weighted by Crippen LogP contribution is 2.50. The Balaban J connectivity index is 1.80. The van der Waals surface area contributed by atoms with E-state index in [0.717, 1.165) is 12.8 Å². The predicted molar refractivity (Wildman–Crippen MR) is 59.7 cm³/mol. The summed E-state index contributed by atoms with van der Waals surface area (Å²) in [4.78, 5) is 14.2. The van der Waals surface area contributed by atoms with Crippen LogP contribution in [0.1, 0.15) is 51.4 Å². The third kappa shape index (κ3) is 1.54. The Morgan fingerprint density at radius 2 is 1.80 bits per heavy atom. The Bertz CT molecular complexity index is 264. The SMILES string of the molecule is O=C1CCC2(CCCC2)C(N2CCC2)C1. The Hall–Kier alpha value is -0.370. The molecule has 84 valence electrons. The topological polar surface area (TPSA) is 20.3 Å². The van der Waals surface area contributed by atoms with Crippen LogP contribution in [0.3, 0.4) is 0 Å². The number of hydrogen-bond acceptors (Lipinski definition) is 2. The highest BCUT2D eigenvalue weighted by Gasteiger charge is 2.48. The van der Waals surface area contributed by atoms with E-state index in [4.69, 9.17) is 0 Å². The van der Waals surface area contributed by atoms with Crippen molar-refractivity contribution in [1.82, 2.24) is 4.90 Å². The van der Waals surface area contributed by atoms with Gasteiger partial charge in [-0.1, -0.05) is 12.8 Å². The molecule has 1 unspecified atom stereocenters. The molecule has 0 aromatic rings. The summed E-state index contributed by atoms with van der Waals surface area (Å²) < 4.78 is 0. The summed E-state index contributed by atoms with van der Waals surface area (Å²) in [6.45, 7) is 2.50. The number of hydrogen-bond donors (Lipinski definition) is 0. The number of carbonyl (C=O) groups excluding carboxylic acids is 1. The molecule has 0 aromatic carbocycles. The maximum absolute atomic E-state index is 11.6. The largest absolute Gasteiger partial charge is 0.300 e. The van der Waals surface area contributed by atoms with Crippen molar-refractivity contribution in [1.29, 1.82) is 0 Å². The lowest BCUT2D eigenvalue weighted by Gasteiger charge is -2.50. The van der Waals surface area contributed by atoms with E-state index in [1.165, 1.54) is 51.6 Å². The Morgan fingerprint density at radius 3 is 2.40 bits per heavy atom. The maximum atomic E-state index is 11.6. The number of nitrogens with zero attached hydrogens (tertiary/aromatic N) is 1. The van der Waals surface area contributed by atoms with Crippen molar-refractivity contribution < 1.29 is 4.79 Å². The molecule has 1 spiro atoms. The second kappa shape index (κ2) is 3.58. The van der Waals surface area contributed by atoms with Crippen molar-refractivity contribution in [2.45, 2.75) is 57.4 Å². The minimum Gasteiger partial charge on any atom is -0.300 e. The first kappa shape index (κ1) is 9.83. The van der Waals surface area contributed by atoms with Crippen LogP contribution in [-0.2, 0) is 4.79 Å². The fourth-order valence-electron chi connectivity index (χ4n) is 3.92. The number of carbonyl (C=O) groups is 1. The number of ketones is 1. The van der Waals surface area contributed by atoms with Crippen molar-refractivity contribution >= 4 is 5.78 Å². The molecular weight excluding hydrogens is 186 g/mol. The second-order valence-corrected chi connectivity index (χ2v) is 5.72. The molecule has 0 N–H and O–H groups in total. The van der Waals surface area contributed by atoms with Crippen molar-refractivity contribution in [3.8, 4) is 0 Å².